The molecule has 1 aromatic heterocycles. The van der Waals surface area contributed by atoms with Crippen molar-refractivity contribution >= 4 is 58.5 Å². The third kappa shape index (κ3) is 1.36. The van der Waals surface area contributed by atoms with Gasteiger partial charge in [0.1, 0.15) is 0 Å². The maximum absolute atomic E-state index is 5.57. The maximum Gasteiger partial charge on any atom is 0.181 e. The minimum absolute atomic E-state index is 0.606. The fourth-order valence-electron chi connectivity index (χ4n) is 0.941. The number of hydrogen-bond acceptors (Lipinski definition) is 3. The second-order valence-electron chi connectivity index (χ2n) is 2.29. The van der Waals surface area contributed by atoms with E-state index in [2.05, 4.69) is 36.8 Å². The van der Waals surface area contributed by atoms with Gasteiger partial charge in [0, 0.05) is 8.95 Å². The lowest BCUT2D eigenvalue weighted by atomic mass is 10.3. The molecule has 1 aromatic carbocycles. The number of anilines is 1. The molecule has 12 heavy (non-hydrogen) atoms. The number of benzene rings is 1. The van der Waals surface area contributed by atoms with Crippen molar-refractivity contribution in [2.45, 2.75) is 0 Å². The van der Waals surface area contributed by atoms with Crippen LogP contribution in [0.2, 0.25) is 0 Å². The van der Waals surface area contributed by atoms with Crippen LogP contribution in [0.15, 0.2) is 21.1 Å². The van der Waals surface area contributed by atoms with Crippen LogP contribution in [0.1, 0.15) is 0 Å². The van der Waals surface area contributed by atoms with Crippen molar-refractivity contribution in [3.8, 4) is 0 Å². The van der Waals surface area contributed by atoms with Gasteiger partial charge < -0.3 is 5.73 Å². The van der Waals surface area contributed by atoms with Gasteiger partial charge >= 0.3 is 0 Å². The maximum atomic E-state index is 5.57. The van der Waals surface area contributed by atoms with E-state index in [0.717, 1.165) is 19.2 Å². The van der Waals surface area contributed by atoms with E-state index in [1.54, 1.807) is 0 Å². The highest BCUT2D eigenvalue weighted by Crippen LogP contribution is 2.32. The number of nitrogen functional groups attached to an aromatic ring is 1. The summed E-state index contributed by atoms with van der Waals surface area (Å²) in [6.07, 6.45) is 0. The van der Waals surface area contributed by atoms with E-state index in [1.165, 1.54) is 11.3 Å². The Kier molecular flexibility index (Phi) is 2.10. The summed E-state index contributed by atoms with van der Waals surface area (Å²) in [4.78, 5) is 4.16. The average Bonchev–Trinajstić information content (AvgIpc) is 2.30. The number of aromatic nitrogens is 1. The van der Waals surface area contributed by atoms with Gasteiger partial charge in [-0.1, -0.05) is 11.3 Å². The zero-order valence-electron chi connectivity index (χ0n) is 5.84. The van der Waals surface area contributed by atoms with Gasteiger partial charge in [-0.2, -0.15) is 0 Å². The van der Waals surface area contributed by atoms with Crippen molar-refractivity contribution in [3.63, 3.8) is 0 Å². The Labute approximate surface area is 90.0 Å². The molecule has 0 saturated carbocycles. The van der Waals surface area contributed by atoms with Gasteiger partial charge in [-0.3, -0.25) is 0 Å². The first-order chi connectivity index (χ1) is 5.66. The molecule has 0 aliphatic heterocycles. The summed E-state index contributed by atoms with van der Waals surface area (Å²) < 4.78 is 3.13. The minimum Gasteiger partial charge on any atom is -0.375 e. The molecule has 62 valence electrons. The molecule has 0 spiro atoms. The molecule has 2 nitrogen and oxygen atoms in total. The molecule has 0 aliphatic rings. The Balaban J connectivity index is 2.83. The standard InChI is InChI=1S/C7H4Br2N2S/c8-3-1-5-6(2-4(3)9)12-7(10)11-5/h1-2H,(H2,10,11). The first kappa shape index (κ1) is 8.47. The molecule has 1 heterocycles. The largest absolute Gasteiger partial charge is 0.375 e. The Morgan fingerprint density at radius 3 is 2.67 bits per heavy atom. The summed E-state index contributed by atoms with van der Waals surface area (Å²) in [5.41, 5.74) is 6.51. The summed E-state index contributed by atoms with van der Waals surface area (Å²) in [7, 11) is 0. The Morgan fingerprint density at radius 1 is 1.25 bits per heavy atom. The van der Waals surface area contributed by atoms with Crippen LogP contribution in [0, 0.1) is 0 Å². The van der Waals surface area contributed by atoms with Crippen LogP contribution in [0.3, 0.4) is 0 Å². The van der Waals surface area contributed by atoms with Crippen molar-refractivity contribution in [2.24, 2.45) is 0 Å². The average molecular weight is 308 g/mol. The predicted molar refractivity (Wildman–Crippen MR) is 59.4 cm³/mol. The smallest absolute Gasteiger partial charge is 0.181 e. The fourth-order valence-corrected chi connectivity index (χ4v) is 2.52. The molecule has 0 radical (unpaired) electrons. The molecule has 2 N–H and O–H groups in total. The zero-order valence-corrected chi connectivity index (χ0v) is 9.83. The van der Waals surface area contributed by atoms with E-state index in [9.17, 15) is 0 Å². The molecule has 5 heteroatoms. The minimum atomic E-state index is 0.606. The zero-order chi connectivity index (χ0) is 8.72. The molecule has 0 saturated heterocycles. The normalized spacial score (nSPS) is 10.8. The summed E-state index contributed by atoms with van der Waals surface area (Å²) in [6.45, 7) is 0. The summed E-state index contributed by atoms with van der Waals surface area (Å²) >= 11 is 8.31. The molecule has 0 atom stereocenters. The molecular formula is C7H4Br2N2S. The number of nitrogens with two attached hydrogens (primary N) is 1. The van der Waals surface area contributed by atoms with Crippen LogP contribution in [0.25, 0.3) is 10.2 Å². The van der Waals surface area contributed by atoms with Crippen LogP contribution in [-0.4, -0.2) is 4.98 Å². The van der Waals surface area contributed by atoms with Gasteiger partial charge in [-0.05, 0) is 44.0 Å². The molecule has 0 fully saturated rings. The first-order valence-corrected chi connectivity index (χ1v) is 5.58. The Bertz CT molecular complexity index is 399. The highest BCUT2D eigenvalue weighted by Gasteiger charge is 2.04. The van der Waals surface area contributed by atoms with Crippen LogP contribution < -0.4 is 5.73 Å². The summed E-state index contributed by atoms with van der Waals surface area (Å²) in [6, 6.07) is 3.96. The SMILES string of the molecule is Nc1nc2cc(Br)c(Br)cc2s1. The van der Waals surface area contributed by atoms with E-state index < -0.39 is 0 Å². The molecule has 0 amide bonds. The molecular weight excluding hydrogens is 304 g/mol. The first-order valence-electron chi connectivity index (χ1n) is 3.18. The van der Waals surface area contributed by atoms with Gasteiger partial charge in [-0.25, -0.2) is 4.98 Å². The van der Waals surface area contributed by atoms with Crippen molar-refractivity contribution in [2.75, 3.05) is 5.73 Å². The Hall–Kier alpha value is -0.130. The van der Waals surface area contributed by atoms with Gasteiger partial charge in [0.25, 0.3) is 0 Å². The van der Waals surface area contributed by atoms with Crippen molar-refractivity contribution < 1.29 is 0 Å². The number of hydrogen-bond donors (Lipinski definition) is 1. The lowest BCUT2D eigenvalue weighted by Crippen LogP contribution is -1.79. The lowest BCUT2D eigenvalue weighted by molar-refractivity contribution is 1.48. The van der Waals surface area contributed by atoms with E-state index >= 15 is 0 Å². The van der Waals surface area contributed by atoms with Crippen LogP contribution in [-0.2, 0) is 0 Å². The monoisotopic (exact) mass is 306 g/mol. The number of rotatable bonds is 0. The number of nitrogens with zero attached hydrogens (tertiary/aromatic N) is 1. The van der Waals surface area contributed by atoms with E-state index in [1.807, 2.05) is 12.1 Å². The number of fused-ring (bicyclic) bond motifs is 1. The molecule has 0 unspecified atom stereocenters. The van der Waals surface area contributed by atoms with Crippen molar-refractivity contribution in [1.29, 1.82) is 0 Å². The van der Waals surface area contributed by atoms with Crippen LogP contribution in [0.5, 0.6) is 0 Å². The summed E-state index contributed by atoms with van der Waals surface area (Å²) in [5.74, 6) is 0. The van der Waals surface area contributed by atoms with Crippen molar-refractivity contribution in [3.05, 3.63) is 21.1 Å². The molecule has 0 bridgehead atoms. The highest BCUT2D eigenvalue weighted by atomic mass is 79.9. The topological polar surface area (TPSA) is 38.9 Å². The number of thiazole rings is 1. The predicted octanol–water partition coefficient (Wildman–Crippen LogP) is 3.40. The lowest BCUT2D eigenvalue weighted by Gasteiger charge is -1.93. The third-order valence-corrected chi connectivity index (χ3v) is 4.14. The highest BCUT2D eigenvalue weighted by molar-refractivity contribution is 9.13. The summed E-state index contributed by atoms with van der Waals surface area (Å²) in [5, 5.41) is 0.606. The second-order valence-corrected chi connectivity index (χ2v) is 5.06. The second kappa shape index (κ2) is 2.97. The fraction of sp³-hybridized carbons (Fsp3) is 0. The van der Waals surface area contributed by atoms with E-state index in [4.69, 9.17) is 5.73 Å². The third-order valence-electron chi connectivity index (χ3n) is 1.45. The Morgan fingerprint density at radius 2 is 1.92 bits per heavy atom. The van der Waals surface area contributed by atoms with Crippen LogP contribution >= 0.6 is 43.2 Å². The molecule has 0 aliphatic carbocycles. The van der Waals surface area contributed by atoms with Gasteiger partial charge in [-0.15, -0.1) is 0 Å². The molecule has 2 rings (SSSR count). The van der Waals surface area contributed by atoms with Gasteiger partial charge in [0.2, 0.25) is 0 Å². The van der Waals surface area contributed by atoms with Crippen LogP contribution in [0.4, 0.5) is 5.13 Å². The van der Waals surface area contributed by atoms with Gasteiger partial charge in [0.05, 0.1) is 10.2 Å². The van der Waals surface area contributed by atoms with Crippen molar-refractivity contribution in [1.82, 2.24) is 4.98 Å². The quantitative estimate of drug-likeness (QED) is 0.810. The van der Waals surface area contributed by atoms with E-state index in [-0.39, 0.29) is 0 Å². The van der Waals surface area contributed by atoms with Gasteiger partial charge in [0.15, 0.2) is 5.13 Å². The van der Waals surface area contributed by atoms with E-state index in [0.29, 0.717) is 5.13 Å². The number of halogens is 2. The molecule has 2 aromatic rings.